The summed E-state index contributed by atoms with van der Waals surface area (Å²) in [6, 6.07) is -0.362. The van der Waals surface area contributed by atoms with Crippen LogP contribution in [-0.2, 0) is 4.79 Å². The molecule has 1 saturated carbocycles. The van der Waals surface area contributed by atoms with Gasteiger partial charge in [0.05, 0.1) is 6.04 Å². The molecule has 0 aliphatic heterocycles. The van der Waals surface area contributed by atoms with E-state index in [-0.39, 0.29) is 29.1 Å². The quantitative estimate of drug-likeness (QED) is 0.312. The smallest absolute Gasteiger partial charge is 0.226 e. The first-order valence-corrected chi connectivity index (χ1v) is 5.05. The Balaban J connectivity index is 2.62. The van der Waals surface area contributed by atoms with Gasteiger partial charge in [-0.25, -0.2) is 0 Å². The van der Waals surface area contributed by atoms with Gasteiger partial charge in [-0.1, -0.05) is 19.0 Å². The monoisotopic (exact) mass is 213 g/mol. The second-order valence-corrected chi connectivity index (χ2v) is 4.90. The number of nitrogens with zero attached hydrogens (tertiary/aromatic N) is 2. The summed E-state index contributed by atoms with van der Waals surface area (Å²) < 4.78 is 0. The van der Waals surface area contributed by atoms with Gasteiger partial charge in [-0.05, 0) is 18.8 Å². The third-order valence-corrected chi connectivity index (χ3v) is 3.28. The molecule has 0 saturated heterocycles. The maximum Gasteiger partial charge on any atom is 0.226 e. The first-order chi connectivity index (χ1) is 6.81. The van der Waals surface area contributed by atoms with Crippen molar-refractivity contribution in [2.75, 3.05) is 7.05 Å². The molecule has 3 N–H and O–H groups in total. The molecule has 2 atom stereocenters. The lowest BCUT2D eigenvalue weighted by molar-refractivity contribution is -0.132. The first kappa shape index (κ1) is 11.8. The summed E-state index contributed by atoms with van der Waals surface area (Å²) in [5, 5.41) is 11.4. The number of hydrogen-bond donors (Lipinski definition) is 2. The van der Waals surface area contributed by atoms with E-state index in [4.69, 9.17) is 10.9 Å². The zero-order valence-corrected chi connectivity index (χ0v) is 9.69. The van der Waals surface area contributed by atoms with Gasteiger partial charge in [-0.2, -0.15) is 0 Å². The number of amides is 1. The molecule has 2 unspecified atom stereocenters. The molecule has 1 aliphatic carbocycles. The SMILES string of the molecule is CC(C(N)=NO)N(C)C(=O)C1CC1(C)C. The summed E-state index contributed by atoms with van der Waals surface area (Å²) >= 11 is 0. The number of carbonyl (C=O) groups is 1. The van der Waals surface area contributed by atoms with Crippen molar-refractivity contribution in [3.05, 3.63) is 0 Å². The van der Waals surface area contributed by atoms with Crippen LogP contribution in [0.25, 0.3) is 0 Å². The second kappa shape index (κ2) is 3.72. The topological polar surface area (TPSA) is 78.9 Å². The predicted molar refractivity (Wildman–Crippen MR) is 57.5 cm³/mol. The zero-order valence-electron chi connectivity index (χ0n) is 9.69. The van der Waals surface area contributed by atoms with Gasteiger partial charge < -0.3 is 15.8 Å². The van der Waals surface area contributed by atoms with Crippen LogP contribution in [0.1, 0.15) is 27.2 Å². The minimum Gasteiger partial charge on any atom is -0.409 e. The second-order valence-electron chi connectivity index (χ2n) is 4.90. The lowest BCUT2D eigenvalue weighted by Gasteiger charge is -2.24. The van der Waals surface area contributed by atoms with Gasteiger partial charge in [0.1, 0.15) is 0 Å². The Morgan fingerprint density at radius 2 is 2.13 bits per heavy atom. The summed E-state index contributed by atoms with van der Waals surface area (Å²) in [5.41, 5.74) is 5.56. The molecular formula is C10H19N3O2. The standard InChI is InChI=1S/C10H19N3O2/c1-6(8(11)12-15)13(4)9(14)7-5-10(7,2)3/h6-7,15H,5H2,1-4H3,(H2,11,12). The molecular weight excluding hydrogens is 194 g/mol. The largest absolute Gasteiger partial charge is 0.409 e. The fourth-order valence-electron chi connectivity index (χ4n) is 1.61. The molecule has 5 nitrogen and oxygen atoms in total. The maximum absolute atomic E-state index is 11.9. The fourth-order valence-corrected chi connectivity index (χ4v) is 1.61. The van der Waals surface area contributed by atoms with E-state index in [0.717, 1.165) is 6.42 Å². The molecule has 15 heavy (non-hydrogen) atoms. The molecule has 1 rings (SSSR count). The fraction of sp³-hybridized carbons (Fsp3) is 0.800. The van der Waals surface area contributed by atoms with Crippen molar-refractivity contribution < 1.29 is 10.0 Å². The number of nitrogens with two attached hydrogens (primary N) is 1. The van der Waals surface area contributed by atoms with Crippen LogP contribution in [0.4, 0.5) is 0 Å². The van der Waals surface area contributed by atoms with Gasteiger partial charge in [0.25, 0.3) is 0 Å². The van der Waals surface area contributed by atoms with Crippen LogP contribution < -0.4 is 5.73 Å². The first-order valence-electron chi connectivity index (χ1n) is 5.05. The molecule has 1 aliphatic rings. The van der Waals surface area contributed by atoms with E-state index >= 15 is 0 Å². The third kappa shape index (κ3) is 2.22. The summed E-state index contributed by atoms with van der Waals surface area (Å²) in [7, 11) is 1.68. The summed E-state index contributed by atoms with van der Waals surface area (Å²) in [6.07, 6.45) is 0.916. The van der Waals surface area contributed by atoms with Gasteiger partial charge in [0.15, 0.2) is 5.84 Å². The highest BCUT2D eigenvalue weighted by atomic mass is 16.4. The zero-order chi connectivity index (χ0) is 11.8. The molecule has 0 bridgehead atoms. The Bertz CT molecular complexity index is 299. The van der Waals surface area contributed by atoms with Crippen LogP contribution >= 0.6 is 0 Å². The van der Waals surface area contributed by atoms with Gasteiger partial charge in [0, 0.05) is 13.0 Å². The van der Waals surface area contributed by atoms with E-state index < -0.39 is 0 Å². The number of likely N-dealkylation sites (N-methyl/N-ethyl adjacent to an activating group) is 1. The average molecular weight is 213 g/mol. The Hall–Kier alpha value is -1.26. The molecule has 5 heteroatoms. The molecule has 0 radical (unpaired) electrons. The van der Waals surface area contributed by atoms with Crippen molar-refractivity contribution in [2.45, 2.75) is 33.2 Å². The Morgan fingerprint density at radius 3 is 2.47 bits per heavy atom. The summed E-state index contributed by atoms with van der Waals surface area (Å²) in [5.74, 6) is 0.208. The average Bonchev–Trinajstić information content (AvgIpc) is 2.83. The van der Waals surface area contributed by atoms with E-state index in [1.165, 1.54) is 4.90 Å². The highest BCUT2D eigenvalue weighted by Gasteiger charge is 2.52. The van der Waals surface area contributed by atoms with Gasteiger partial charge in [-0.15, -0.1) is 0 Å². The van der Waals surface area contributed by atoms with Crippen molar-refractivity contribution in [3.63, 3.8) is 0 Å². The van der Waals surface area contributed by atoms with Crippen LogP contribution in [0.15, 0.2) is 5.16 Å². The lowest BCUT2D eigenvalue weighted by Crippen LogP contribution is -2.44. The van der Waals surface area contributed by atoms with Gasteiger partial charge >= 0.3 is 0 Å². The molecule has 0 aromatic rings. The Kier molecular flexibility index (Phi) is 2.93. The lowest BCUT2D eigenvalue weighted by atomic mass is 10.1. The Morgan fingerprint density at radius 1 is 1.67 bits per heavy atom. The number of amidine groups is 1. The van der Waals surface area contributed by atoms with Crippen molar-refractivity contribution in [2.24, 2.45) is 22.2 Å². The molecule has 0 spiro atoms. The van der Waals surface area contributed by atoms with E-state index in [9.17, 15) is 4.79 Å². The minimum absolute atomic E-state index is 0.0595. The van der Waals surface area contributed by atoms with Crippen LogP contribution in [0, 0.1) is 11.3 Å². The van der Waals surface area contributed by atoms with Gasteiger partial charge in [0.2, 0.25) is 5.91 Å². The third-order valence-electron chi connectivity index (χ3n) is 3.28. The van der Waals surface area contributed by atoms with E-state index in [0.29, 0.717) is 0 Å². The van der Waals surface area contributed by atoms with Crippen molar-refractivity contribution in [1.29, 1.82) is 0 Å². The molecule has 1 amide bonds. The number of oxime groups is 1. The minimum atomic E-state index is -0.362. The summed E-state index contributed by atoms with van der Waals surface area (Å²) in [4.78, 5) is 13.5. The molecule has 0 aromatic heterocycles. The molecule has 0 heterocycles. The number of rotatable bonds is 3. The van der Waals surface area contributed by atoms with Crippen molar-refractivity contribution >= 4 is 11.7 Å². The molecule has 1 fully saturated rings. The molecule has 0 aromatic carbocycles. The van der Waals surface area contributed by atoms with Crippen LogP contribution in [-0.4, -0.2) is 34.9 Å². The predicted octanol–water partition coefficient (Wildman–Crippen LogP) is 0.626. The van der Waals surface area contributed by atoms with Crippen LogP contribution in [0.3, 0.4) is 0 Å². The summed E-state index contributed by atoms with van der Waals surface area (Å²) in [6.45, 7) is 5.87. The number of hydrogen-bond acceptors (Lipinski definition) is 3. The molecule has 86 valence electrons. The Labute approximate surface area is 89.9 Å². The van der Waals surface area contributed by atoms with Crippen LogP contribution in [0.5, 0.6) is 0 Å². The normalized spacial score (nSPS) is 25.9. The highest BCUT2D eigenvalue weighted by Crippen LogP contribution is 2.52. The van der Waals surface area contributed by atoms with Gasteiger partial charge in [-0.3, -0.25) is 4.79 Å². The van der Waals surface area contributed by atoms with Crippen molar-refractivity contribution in [3.8, 4) is 0 Å². The van der Waals surface area contributed by atoms with Crippen molar-refractivity contribution in [1.82, 2.24) is 4.90 Å². The van der Waals surface area contributed by atoms with E-state index in [2.05, 4.69) is 19.0 Å². The van der Waals surface area contributed by atoms with E-state index in [1.807, 2.05) is 0 Å². The van der Waals surface area contributed by atoms with E-state index in [1.54, 1.807) is 14.0 Å². The number of carbonyl (C=O) groups excluding carboxylic acids is 1. The maximum atomic E-state index is 11.9. The van der Waals surface area contributed by atoms with Crippen LogP contribution in [0.2, 0.25) is 0 Å². The highest BCUT2D eigenvalue weighted by molar-refractivity contribution is 5.91.